The predicted octanol–water partition coefficient (Wildman–Crippen LogP) is 4.04. The van der Waals surface area contributed by atoms with Gasteiger partial charge < -0.3 is 14.8 Å². The number of nitrogens with one attached hydrogen (secondary N) is 2. The van der Waals surface area contributed by atoms with Gasteiger partial charge >= 0.3 is 6.03 Å². The number of carbonyl (C=O) groups is 4. The number of methoxy groups -OCH3 is 1. The summed E-state index contributed by atoms with van der Waals surface area (Å²) < 4.78 is 24.5. The molecule has 188 valence electrons. The molecule has 0 aromatic heterocycles. The van der Waals surface area contributed by atoms with Crippen molar-refractivity contribution in [3.8, 4) is 11.5 Å². The number of anilines is 2. The van der Waals surface area contributed by atoms with Crippen LogP contribution in [0, 0.1) is 5.82 Å². The first-order valence-electron chi connectivity index (χ1n) is 11.1. The van der Waals surface area contributed by atoms with Gasteiger partial charge in [0.25, 0.3) is 11.8 Å². The second kappa shape index (κ2) is 10.7. The van der Waals surface area contributed by atoms with Crippen LogP contribution < -0.4 is 25.0 Å². The zero-order chi connectivity index (χ0) is 26.5. The first-order chi connectivity index (χ1) is 17.7. The lowest BCUT2D eigenvalue weighted by Crippen LogP contribution is -2.54. The van der Waals surface area contributed by atoms with Gasteiger partial charge in [0, 0.05) is 18.2 Å². The molecule has 0 radical (unpaired) electrons. The number of barbiturate groups is 1. The maximum atomic E-state index is 13.3. The van der Waals surface area contributed by atoms with Crippen LogP contribution >= 0.6 is 0 Å². The quantitative estimate of drug-likeness (QED) is 0.372. The lowest BCUT2D eigenvalue weighted by Gasteiger charge is -2.26. The number of imide groups is 2. The van der Waals surface area contributed by atoms with E-state index in [0.717, 1.165) is 17.0 Å². The Morgan fingerprint density at radius 1 is 1.03 bits per heavy atom. The minimum atomic E-state index is -0.924. The van der Waals surface area contributed by atoms with Crippen LogP contribution in [0.15, 0.2) is 72.3 Å². The Morgan fingerprint density at radius 3 is 2.38 bits per heavy atom. The van der Waals surface area contributed by atoms with Crippen LogP contribution in [0.1, 0.15) is 18.1 Å². The summed E-state index contributed by atoms with van der Waals surface area (Å²) >= 11 is 0. The molecule has 1 fully saturated rings. The summed E-state index contributed by atoms with van der Waals surface area (Å²) in [5, 5.41) is 4.81. The van der Waals surface area contributed by atoms with E-state index in [1.165, 1.54) is 32.2 Å². The fourth-order valence-electron chi connectivity index (χ4n) is 3.65. The highest BCUT2D eigenvalue weighted by molar-refractivity contribution is 6.39. The number of hydrogen-bond donors (Lipinski definition) is 2. The molecule has 0 bridgehead atoms. The van der Waals surface area contributed by atoms with Crippen LogP contribution in [0.2, 0.25) is 0 Å². The smallest absolute Gasteiger partial charge is 0.335 e. The maximum Gasteiger partial charge on any atom is 0.335 e. The summed E-state index contributed by atoms with van der Waals surface area (Å²) in [7, 11) is 1.50. The standard InChI is InChI=1S/C27H22FN3O6/c1-16(32)29-20-6-10-22(11-7-20)37-15-18-13-17(3-12-24(18)36-2)14-23-25(33)30-27(35)31(26(23)34)21-8-4-19(28)5-9-21/h3-14H,15H2,1-2H3,(H,29,32)(H,30,33,35)/b23-14-. The summed E-state index contributed by atoms with van der Waals surface area (Å²) in [6.45, 7) is 1.53. The molecule has 1 saturated heterocycles. The Balaban J connectivity index is 1.57. The Morgan fingerprint density at radius 2 is 1.73 bits per heavy atom. The van der Waals surface area contributed by atoms with Gasteiger partial charge in [0.1, 0.15) is 29.5 Å². The minimum absolute atomic E-state index is 0.111. The van der Waals surface area contributed by atoms with Crippen LogP contribution in [0.3, 0.4) is 0 Å². The number of ether oxygens (including phenoxy) is 2. The van der Waals surface area contributed by atoms with E-state index < -0.39 is 23.7 Å². The molecular weight excluding hydrogens is 481 g/mol. The lowest BCUT2D eigenvalue weighted by molar-refractivity contribution is -0.122. The van der Waals surface area contributed by atoms with Crippen molar-refractivity contribution >= 4 is 41.2 Å². The molecule has 1 aliphatic rings. The molecule has 10 heteroatoms. The first-order valence-corrected chi connectivity index (χ1v) is 11.1. The van der Waals surface area contributed by atoms with Gasteiger partial charge in [0.05, 0.1) is 12.8 Å². The summed E-state index contributed by atoms with van der Waals surface area (Å²) in [4.78, 5) is 49.8. The van der Waals surface area contributed by atoms with E-state index in [2.05, 4.69) is 10.6 Å². The van der Waals surface area contributed by atoms with Gasteiger partial charge in [-0.15, -0.1) is 0 Å². The van der Waals surface area contributed by atoms with Gasteiger partial charge in [-0.1, -0.05) is 6.07 Å². The minimum Gasteiger partial charge on any atom is -0.496 e. The van der Waals surface area contributed by atoms with Crippen molar-refractivity contribution < 1.29 is 33.0 Å². The molecule has 0 unspecified atom stereocenters. The van der Waals surface area contributed by atoms with E-state index in [4.69, 9.17) is 9.47 Å². The van der Waals surface area contributed by atoms with Crippen LogP contribution in [-0.2, 0) is 21.0 Å². The van der Waals surface area contributed by atoms with Gasteiger partial charge in [-0.05, 0) is 72.3 Å². The summed E-state index contributed by atoms with van der Waals surface area (Å²) in [6.07, 6.45) is 1.35. The molecule has 0 atom stereocenters. The molecule has 37 heavy (non-hydrogen) atoms. The molecule has 1 aliphatic heterocycles. The number of carbonyl (C=O) groups excluding carboxylic acids is 4. The second-order valence-corrected chi connectivity index (χ2v) is 8.00. The number of benzene rings is 3. The van der Waals surface area contributed by atoms with Crippen LogP contribution in [0.25, 0.3) is 6.08 Å². The molecule has 1 heterocycles. The van der Waals surface area contributed by atoms with Crippen molar-refractivity contribution in [3.05, 3.63) is 89.2 Å². The van der Waals surface area contributed by atoms with Crippen LogP contribution in [0.4, 0.5) is 20.6 Å². The molecule has 4 rings (SSSR count). The van der Waals surface area contributed by atoms with Crippen molar-refractivity contribution in [2.45, 2.75) is 13.5 Å². The number of rotatable bonds is 7. The molecule has 0 saturated carbocycles. The SMILES string of the molecule is COc1ccc(/C=C2/C(=O)NC(=O)N(c3ccc(F)cc3)C2=O)cc1COc1ccc(NC(C)=O)cc1. The number of nitrogens with zero attached hydrogens (tertiary/aromatic N) is 1. The zero-order valence-electron chi connectivity index (χ0n) is 19.9. The third kappa shape index (κ3) is 5.81. The summed E-state index contributed by atoms with van der Waals surface area (Å²) in [6, 6.07) is 15.7. The fraction of sp³-hybridized carbons (Fsp3) is 0.111. The van der Waals surface area contributed by atoms with Crippen molar-refractivity contribution in [3.63, 3.8) is 0 Å². The Kier molecular flexibility index (Phi) is 7.28. The average Bonchev–Trinajstić information content (AvgIpc) is 2.87. The van der Waals surface area contributed by atoms with E-state index in [-0.39, 0.29) is 23.8 Å². The van der Waals surface area contributed by atoms with Gasteiger partial charge in [0.15, 0.2) is 0 Å². The third-order valence-corrected chi connectivity index (χ3v) is 5.37. The van der Waals surface area contributed by atoms with Gasteiger partial charge in [-0.3, -0.25) is 19.7 Å². The Hall–Kier alpha value is -4.99. The largest absolute Gasteiger partial charge is 0.496 e. The zero-order valence-corrected chi connectivity index (χ0v) is 19.9. The Labute approximate surface area is 211 Å². The highest BCUT2D eigenvalue weighted by Gasteiger charge is 2.36. The highest BCUT2D eigenvalue weighted by Crippen LogP contribution is 2.26. The molecule has 9 nitrogen and oxygen atoms in total. The van der Waals surface area contributed by atoms with Crippen molar-refractivity contribution in [1.82, 2.24) is 5.32 Å². The summed E-state index contributed by atoms with van der Waals surface area (Å²) in [5.41, 5.74) is 1.62. The first kappa shape index (κ1) is 25.1. The lowest BCUT2D eigenvalue weighted by atomic mass is 10.0. The monoisotopic (exact) mass is 503 g/mol. The van der Waals surface area contributed by atoms with Gasteiger partial charge in [-0.25, -0.2) is 14.1 Å². The van der Waals surface area contributed by atoms with Gasteiger partial charge in [0.2, 0.25) is 5.91 Å². The van der Waals surface area contributed by atoms with E-state index in [1.54, 1.807) is 42.5 Å². The second-order valence-electron chi connectivity index (χ2n) is 8.00. The van der Waals surface area contributed by atoms with E-state index >= 15 is 0 Å². The fourth-order valence-corrected chi connectivity index (χ4v) is 3.65. The molecule has 2 N–H and O–H groups in total. The topological polar surface area (TPSA) is 114 Å². The van der Waals surface area contributed by atoms with Crippen LogP contribution in [-0.4, -0.2) is 30.9 Å². The normalized spacial score (nSPS) is 14.4. The number of amides is 5. The average molecular weight is 503 g/mol. The maximum absolute atomic E-state index is 13.3. The van der Waals surface area contributed by atoms with Crippen molar-refractivity contribution in [2.24, 2.45) is 0 Å². The van der Waals surface area contributed by atoms with E-state index in [1.807, 2.05) is 0 Å². The van der Waals surface area contributed by atoms with E-state index in [9.17, 15) is 23.6 Å². The molecular formula is C27H22FN3O6. The van der Waals surface area contributed by atoms with Crippen LogP contribution in [0.5, 0.6) is 11.5 Å². The van der Waals surface area contributed by atoms with Crippen molar-refractivity contribution in [1.29, 1.82) is 0 Å². The predicted molar refractivity (Wildman–Crippen MR) is 133 cm³/mol. The summed E-state index contributed by atoms with van der Waals surface area (Å²) in [5.74, 6) is -1.32. The highest BCUT2D eigenvalue weighted by atomic mass is 19.1. The third-order valence-electron chi connectivity index (χ3n) is 5.37. The molecule has 3 aromatic carbocycles. The van der Waals surface area contributed by atoms with Gasteiger partial charge in [-0.2, -0.15) is 0 Å². The Bertz CT molecular complexity index is 1400. The number of urea groups is 1. The van der Waals surface area contributed by atoms with Crippen molar-refractivity contribution in [2.75, 3.05) is 17.3 Å². The van der Waals surface area contributed by atoms with E-state index in [0.29, 0.717) is 28.3 Å². The molecule has 3 aromatic rings. The molecule has 5 amide bonds. The number of halogens is 1. The molecule has 0 spiro atoms. The molecule has 0 aliphatic carbocycles. The number of hydrogen-bond acceptors (Lipinski definition) is 6.